The number of aliphatic hydroxyl groups is 1. The van der Waals surface area contributed by atoms with Crippen molar-refractivity contribution in [2.24, 2.45) is 0 Å². The third-order valence-corrected chi connectivity index (χ3v) is 4.45. The van der Waals surface area contributed by atoms with Crippen molar-refractivity contribution in [2.75, 3.05) is 6.54 Å². The van der Waals surface area contributed by atoms with Crippen molar-refractivity contribution in [1.82, 2.24) is 4.90 Å². The maximum absolute atomic E-state index is 12.2. The summed E-state index contributed by atoms with van der Waals surface area (Å²) in [5.74, 6) is -0.719. The van der Waals surface area contributed by atoms with E-state index in [9.17, 15) is 14.7 Å². The van der Waals surface area contributed by atoms with Crippen LogP contribution in [0.2, 0.25) is 0 Å². The van der Waals surface area contributed by atoms with E-state index in [0.717, 1.165) is 18.4 Å². The Morgan fingerprint density at radius 3 is 2.77 bits per heavy atom. The van der Waals surface area contributed by atoms with Gasteiger partial charge in [-0.15, -0.1) is 0 Å². The first-order valence-corrected chi connectivity index (χ1v) is 9.13. The molecule has 1 unspecified atom stereocenters. The van der Waals surface area contributed by atoms with E-state index < -0.39 is 12.1 Å². The molecular formula is C21H27NO4. The van der Waals surface area contributed by atoms with Gasteiger partial charge in [0.2, 0.25) is 5.91 Å². The Morgan fingerprint density at radius 1 is 1.27 bits per heavy atom. The smallest absolute Gasteiger partial charge is 0.303 e. The first-order chi connectivity index (χ1) is 12.6. The van der Waals surface area contributed by atoms with Crippen LogP contribution in [0, 0.1) is 0 Å². The summed E-state index contributed by atoms with van der Waals surface area (Å²) in [6.07, 6.45) is 10.2. The summed E-state index contributed by atoms with van der Waals surface area (Å²) in [6.45, 7) is 0.474. The Bertz CT molecular complexity index is 639. The number of benzene rings is 1. The molecule has 1 fully saturated rings. The van der Waals surface area contributed by atoms with Gasteiger partial charge in [0, 0.05) is 25.8 Å². The first kappa shape index (κ1) is 19.9. The van der Waals surface area contributed by atoms with E-state index in [0.29, 0.717) is 25.8 Å². The molecule has 1 saturated heterocycles. The SMILES string of the molecule is O=C(O)CC/C=C\CN1C(=O)CCC[C@@H]1/C=C/C(O)Cc1ccccc1. The van der Waals surface area contributed by atoms with Crippen LogP contribution in [0.4, 0.5) is 0 Å². The summed E-state index contributed by atoms with van der Waals surface area (Å²) in [5.41, 5.74) is 1.07. The molecule has 1 aromatic carbocycles. The van der Waals surface area contributed by atoms with E-state index in [2.05, 4.69) is 0 Å². The lowest BCUT2D eigenvalue weighted by Gasteiger charge is -2.33. The molecule has 5 nitrogen and oxygen atoms in total. The van der Waals surface area contributed by atoms with Gasteiger partial charge in [-0.3, -0.25) is 9.59 Å². The Balaban J connectivity index is 1.89. The number of aliphatic hydroxyl groups excluding tert-OH is 1. The van der Waals surface area contributed by atoms with Crippen molar-refractivity contribution < 1.29 is 19.8 Å². The Morgan fingerprint density at radius 2 is 2.04 bits per heavy atom. The minimum absolute atomic E-state index is 0.0224. The van der Waals surface area contributed by atoms with Crippen molar-refractivity contribution in [3.63, 3.8) is 0 Å². The van der Waals surface area contributed by atoms with Gasteiger partial charge in [-0.1, -0.05) is 54.6 Å². The number of hydrogen-bond acceptors (Lipinski definition) is 3. The zero-order valence-electron chi connectivity index (χ0n) is 15.0. The summed E-state index contributed by atoms with van der Waals surface area (Å²) in [6, 6.07) is 9.78. The van der Waals surface area contributed by atoms with Gasteiger partial charge >= 0.3 is 5.97 Å². The largest absolute Gasteiger partial charge is 0.481 e. The van der Waals surface area contributed by atoms with Crippen LogP contribution in [0.5, 0.6) is 0 Å². The molecular weight excluding hydrogens is 330 g/mol. The molecule has 0 spiro atoms. The summed E-state index contributed by atoms with van der Waals surface area (Å²) in [5, 5.41) is 18.9. The van der Waals surface area contributed by atoms with Gasteiger partial charge in [-0.25, -0.2) is 0 Å². The number of hydrogen-bond donors (Lipinski definition) is 2. The van der Waals surface area contributed by atoms with Crippen LogP contribution < -0.4 is 0 Å². The number of rotatable bonds is 9. The predicted molar refractivity (Wildman–Crippen MR) is 101 cm³/mol. The summed E-state index contributed by atoms with van der Waals surface area (Å²) in [7, 11) is 0. The van der Waals surface area contributed by atoms with Crippen molar-refractivity contribution >= 4 is 11.9 Å². The fraction of sp³-hybridized carbons (Fsp3) is 0.429. The Hall–Kier alpha value is -2.40. The molecule has 1 heterocycles. The molecule has 0 aliphatic carbocycles. The quantitative estimate of drug-likeness (QED) is 0.666. The Labute approximate surface area is 154 Å². The zero-order chi connectivity index (χ0) is 18.8. The molecule has 1 aliphatic rings. The van der Waals surface area contributed by atoms with Gasteiger partial charge in [0.15, 0.2) is 0 Å². The highest BCUT2D eigenvalue weighted by Crippen LogP contribution is 2.19. The number of piperidine rings is 1. The monoisotopic (exact) mass is 357 g/mol. The fourth-order valence-corrected chi connectivity index (χ4v) is 3.08. The standard InChI is InChI=1S/C21H27NO4/c23-19(16-17-8-3-1-4-9-17)14-13-18-10-7-11-20(24)22(18)15-6-2-5-12-21(25)26/h1-4,6,8-9,13-14,18-19,23H,5,7,10-12,15-16H2,(H,25,26)/b6-2-,14-13+/t18-,19?/m1/s1. The average molecular weight is 357 g/mol. The van der Waals surface area contributed by atoms with Crippen LogP contribution in [-0.4, -0.2) is 45.7 Å². The first-order valence-electron chi connectivity index (χ1n) is 9.13. The minimum atomic E-state index is -0.822. The van der Waals surface area contributed by atoms with E-state index in [4.69, 9.17) is 5.11 Å². The molecule has 1 amide bonds. The highest BCUT2D eigenvalue weighted by Gasteiger charge is 2.25. The highest BCUT2D eigenvalue weighted by atomic mass is 16.4. The molecule has 0 saturated carbocycles. The second-order valence-corrected chi connectivity index (χ2v) is 6.55. The molecule has 1 aliphatic heterocycles. The van der Waals surface area contributed by atoms with Gasteiger partial charge in [0.1, 0.15) is 0 Å². The lowest BCUT2D eigenvalue weighted by Crippen LogP contribution is -2.42. The molecule has 0 radical (unpaired) electrons. The van der Waals surface area contributed by atoms with Gasteiger partial charge < -0.3 is 15.1 Å². The summed E-state index contributed by atoms with van der Waals surface area (Å²) >= 11 is 0. The van der Waals surface area contributed by atoms with E-state index in [1.807, 2.05) is 42.5 Å². The number of carbonyl (C=O) groups excluding carboxylic acids is 1. The van der Waals surface area contributed by atoms with E-state index in [-0.39, 0.29) is 18.4 Å². The molecule has 5 heteroatoms. The van der Waals surface area contributed by atoms with Crippen molar-refractivity contribution in [2.45, 2.75) is 50.7 Å². The van der Waals surface area contributed by atoms with E-state index >= 15 is 0 Å². The lowest BCUT2D eigenvalue weighted by atomic mass is 9.99. The molecule has 0 aromatic heterocycles. The van der Waals surface area contributed by atoms with Crippen LogP contribution >= 0.6 is 0 Å². The summed E-state index contributed by atoms with van der Waals surface area (Å²) < 4.78 is 0. The predicted octanol–water partition coefficient (Wildman–Crippen LogP) is 2.95. The number of carbonyl (C=O) groups is 2. The van der Waals surface area contributed by atoms with Crippen LogP contribution in [0.3, 0.4) is 0 Å². The zero-order valence-corrected chi connectivity index (χ0v) is 15.0. The molecule has 2 rings (SSSR count). The van der Waals surface area contributed by atoms with Crippen LogP contribution in [0.15, 0.2) is 54.6 Å². The fourth-order valence-electron chi connectivity index (χ4n) is 3.08. The van der Waals surface area contributed by atoms with Gasteiger partial charge in [-0.2, -0.15) is 0 Å². The summed E-state index contributed by atoms with van der Waals surface area (Å²) in [4.78, 5) is 24.5. The van der Waals surface area contributed by atoms with E-state index in [1.54, 1.807) is 17.1 Å². The average Bonchev–Trinajstić information content (AvgIpc) is 2.62. The number of allylic oxidation sites excluding steroid dienone is 1. The lowest BCUT2D eigenvalue weighted by molar-refractivity contribution is -0.137. The normalized spacial score (nSPS) is 19.3. The maximum Gasteiger partial charge on any atom is 0.303 e. The third kappa shape index (κ3) is 6.84. The topological polar surface area (TPSA) is 77.8 Å². The van der Waals surface area contributed by atoms with Crippen LogP contribution in [-0.2, 0) is 16.0 Å². The number of amides is 1. The highest BCUT2D eigenvalue weighted by molar-refractivity contribution is 5.77. The number of nitrogens with zero attached hydrogens (tertiary/aromatic N) is 1. The molecule has 0 bridgehead atoms. The number of aliphatic carboxylic acids is 1. The number of carboxylic acid groups (broad SMARTS) is 1. The Kier molecular flexibility index (Phi) is 8.09. The van der Waals surface area contributed by atoms with Gasteiger partial charge in [-0.05, 0) is 24.8 Å². The van der Waals surface area contributed by atoms with Gasteiger partial charge in [0.05, 0.1) is 12.1 Å². The minimum Gasteiger partial charge on any atom is -0.481 e. The molecule has 2 atom stereocenters. The molecule has 140 valence electrons. The molecule has 2 N–H and O–H groups in total. The molecule has 1 aromatic rings. The second kappa shape index (κ2) is 10.6. The van der Waals surface area contributed by atoms with E-state index in [1.165, 1.54) is 0 Å². The number of carboxylic acids is 1. The van der Waals surface area contributed by atoms with Gasteiger partial charge in [0.25, 0.3) is 0 Å². The van der Waals surface area contributed by atoms with Crippen LogP contribution in [0.25, 0.3) is 0 Å². The van der Waals surface area contributed by atoms with Crippen molar-refractivity contribution in [3.8, 4) is 0 Å². The maximum atomic E-state index is 12.2. The van der Waals surface area contributed by atoms with Crippen molar-refractivity contribution in [3.05, 3.63) is 60.2 Å². The third-order valence-electron chi connectivity index (χ3n) is 4.45. The van der Waals surface area contributed by atoms with Crippen LogP contribution in [0.1, 0.15) is 37.7 Å². The number of likely N-dealkylation sites (tertiary alicyclic amines) is 1. The van der Waals surface area contributed by atoms with Crippen molar-refractivity contribution in [1.29, 1.82) is 0 Å². The second-order valence-electron chi connectivity index (χ2n) is 6.55. The molecule has 26 heavy (non-hydrogen) atoms.